The predicted octanol–water partition coefficient (Wildman–Crippen LogP) is 4.78. The Morgan fingerprint density at radius 2 is 1.70 bits per heavy atom. The third-order valence-electron chi connectivity index (χ3n) is 4.89. The van der Waals surface area contributed by atoms with E-state index in [0.29, 0.717) is 18.8 Å². The van der Waals surface area contributed by atoms with Crippen molar-refractivity contribution in [2.75, 3.05) is 18.4 Å². The van der Waals surface area contributed by atoms with Gasteiger partial charge in [-0.2, -0.15) is 4.31 Å². The molecule has 0 spiro atoms. The predicted molar refractivity (Wildman–Crippen MR) is 116 cm³/mol. The first-order valence-electron chi connectivity index (χ1n) is 9.69. The lowest BCUT2D eigenvalue weighted by Gasteiger charge is -2.14. The molecule has 6 nitrogen and oxygen atoms in total. The molecule has 0 unspecified atom stereocenters. The average Bonchev–Trinajstić information content (AvgIpc) is 3.41. The number of hydrogen-bond donors (Lipinski definition) is 1. The number of nitrogens with one attached hydrogen (secondary N) is 1. The monoisotopic (exact) mass is 442 g/mol. The summed E-state index contributed by atoms with van der Waals surface area (Å²) in [5.41, 5.74) is 0.634. The van der Waals surface area contributed by atoms with E-state index in [1.54, 1.807) is 13.0 Å². The van der Waals surface area contributed by atoms with Crippen molar-refractivity contribution in [3.8, 4) is 0 Å². The highest BCUT2D eigenvalue weighted by atomic mass is 32.2. The fourth-order valence-electron chi connectivity index (χ4n) is 3.36. The van der Waals surface area contributed by atoms with Crippen LogP contribution in [0.3, 0.4) is 0 Å². The van der Waals surface area contributed by atoms with Gasteiger partial charge in [0.2, 0.25) is 10.0 Å². The number of sulfonamides is 1. The van der Waals surface area contributed by atoms with Crippen LogP contribution in [0.4, 0.5) is 5.69 Å². The highest BCUT2D eigenvalue weighted by Gasteiger charge is 2.31. The Morgan fingerprint density at radius 1 is 1.03 bits per heavy atom. The summed E-state index contributed by atoms with van der Waals surface area (Å²) in [4.78, 5) is 14.8. The highest BCUT2D eigenvalue weighted by Crippen LogP contribution is 2.34. The zero-order valence-electron chi connectivity index (χ0n) is 16.5. The molecule has 0 saturated carbocycles. The molecular formula is C22H22N2O4S2. The van der Waals surface area contributed by atoms with Crippen LogP contribution in [-0.4, -0.2) is 31.7 Å². The number of rotatable bonds is 6. The molecule has 1 amide bonds. The Bertz CT molecular complexity index is 1150. The van der Waals surface area contributed by atoms with Crippen molar-refractivity contribution in [2.45, 2.75) is 34.5 Å². The van der Waals surface area contributed by atoms with Gasteiger partial charge in [-0.05, 0) is 44.0 Å². The molecule has 0 bridgehead atoms. The van der Waals surface area contributed by atoms with Gasteiger partial charge in [0.25, 0.3) is 5.91 Å². The van der Waals surface area contributed by atoms with E-state index in [1.165, 1.54) is 22.1 Å². The number of aryl methyl sites for hydroxylation is 1. The first-order chi connectivity index (χ1) is 14.4. The van der Waals surface area contributed by atoms with Gasteiger partial charge in [0.1, 0.15) is 10.7 Å². The van der Waals surface area contributed by atoms with Crippen LogP contribution in [0.2, 0.25) is 0 Å². The number of amides is 1. The summed E-state index contributed by atoms with van der Waals surface area (Å²) in [6.07, 6.45) is 1.69. The van der Waals surface area contributed by atoms with Crippen molar-refractivity contribution in [1.29, 1.82) is 0 Å². The van der Waals surface area contributed by atoms with Crippen molar-refractivity contribution in [2.24, 2.45) is 0 Å². The second-order valence-corrected chi connectivity index (χ2v) is 10.0. The standard InChI is InChI=1S/C22H22N2O4S2/c1-16-21(30(26,27)24-13-7-8-14-24)15-19(28-16)22(25)23-18-11-5-6-12-20(18)29-17-9-3-2-4-10-17/h2-6,9-12,15H,7-8,13-14H2,1H3,(H,23,25). The lowest BCUT2D eigenvalue weighted by molar-refractivity contribution is 0.0995. The van der Waals surface area contributed by atoms with Crippen molar-refractivity contribution >= 4 is 33.4 Å². The molecule has 156 valence electrons. The average molecular weight is 443 g/mol. The van der Waals surface area contributed by atoms with E-state index >= 15 is 0 Å². The summed E-state index contributed by atoms with van der Waals surface area (Å²) in [7, 11) is -3.65. The van der Waals surface area contributed by atoms with Gasteiger partial charge >= 0.3 is 0 Å². The van der Waals surface area contributed by atoms with E-state index in [-0.39, 0.29) is 16.4 Å². The van der Waals surface area contributed by atoms with Crippen molar-refractivity contribution in [3.63, 3.8) is 0 Å². The lowest BCUT2D eigenvalue weighted by atomic mass is 10.3. The van der Waals surface area contributed by atoms with Gasteiger partial charge in [-0.25, -0.2) is 8.42 Å². The Hall–Kier alpha value is -2.55. The molecule has 0 radical (unpaired) electrons. The van der Waals surface area contributed by atoms with Crippen LogP contribution >= 0.6 is 11.8 Å². The summed E-state index contributed by atoms with van der Waals surface area (Å²) in [6, 6.07) is 18.6. The molecule has 0 aliphatic carbocycles. The minimum absolute atomic E-state index is 0.0233. The molecule has 1 aromatic heterocycles. The summed E-state index contributed by atoms with van der Waals surface area (Å²) in [6.45, 7) is 2.57. The highest BCUT2D eigenvalue weighted by molar-refractivity contribution is 7.99. The molecule has 2 heterocycles. The molecule has 4 rings (SSSR count). The first-order valence-corrected chi connectivity index (χ1v) is 11.9. The van der Waals surface area contributed by atoms with Crippen LogP contribution in [-0.2, 0) is 10.0 Å². The van der Waals surface area contributed by atoms with Crippen molar-refractivity contribution in [1.82, 2.24) is 4.31 Å². The van der Waals surface area contributed by atoms with Crippen LogP contribution < -0.4 is 5.32 Å². The Kier molecular flexibility index (Phi) is 5.99. The zero-order chi connectivity index (χ0) is 21.1. The smallest absolute Gasteiger partial charge is 0.291 e. The third-order valence-corrected chi connectivity index (χ3v) is 7.98. The van der Waals surface area contributed by atoms with Crippen molar-refractivity contribution < 1.29 is 17.6 Å². The van der Waals surface area contributed by atoms with E-state index < -0.39 is 15.9 Å². The van der Waals surface area contributed by atoms with Gasteiger partial charge < -0.3 is 9.73 Å². The van der Waals surface area contributed by atoms with Gasteiger partial charge in [0, 0.05) is 28.9 Å². The molecule has 1 aliphatic rings. The summed E-state index contributed by atoms with van der Waals surface area (Å²) in [5, 5.41) is 2.85. The third kappa shape index (κ3) is 4.30. The zero-order valence-corrected chi connectivity index (χ0v) is 18.1. The van der Waals surface area contributed by atoms with E-state index in [0.717, 1.165) is 22.6 Å². The van der Waals surface area contributed by atoms with Gasteiger partial charge in [-0.1, -0.05) is 42.1 Å². The number of benzene rings is 2. The van der Waals surface area contributed by atoms with Gasteiger partial charge in [-0.3, -0.25) is 4.79 Å². The number of hydrogen-bond acceptors (Lipinski definition) is 5. The second kappa shape index (κ2) is 8.67. The SMILES string of the molecule is Cc1oc(C(=O)Nc2ccccc2Sc2ccccc2)cc1S(=O)(=O)N1CCCC1. The number of para-hydroxylation sites is 1. The maximum Gasteiger partial charge on any atom is 0.291 e. The molecule has 1 N–H and O–H groups in total. The number of carbonyl (C=O) groups is 1. The number of carbonyl (C=O) groups excluding carboxylic acids is 1. The van der Waals surface area contributed by atoms with Crippen LogP contribution in [0.15, 0.2) is 79.8 Å². The largest absolute Gasteiger partial charge is 0.455 e. The maximum atomic E-state index is 12.8. The van der Waals surface area contributed by atoms with Gasteiger partial charge in [-0.15, -0.1) is 0 Å². The molecule has 1 saturated heterocycles. The van der Waals surface area contributed by atoms with E-state index in [1.807, 2.05) is 48.5 Å². The summed E-state index contributed by atoms with van der Waals surface area (Å²) in [5.74, 6) is -0.286. The Labute approximate surface area is 180 Å². The van der Waals surface area contributed by atoms with Gasteiger partial charge in [0.15, 0.2) is 5.76 Å². The fraction of sp³-hybridized carbons (Fsp3) is 0.227. The first kappa shape index (κ1) is 20.7. The van der Waals surface area contributed by atoms with Crippen LogP contribution in [0, 0.1) is 6.92 Å². The van der Waals surface area contributed by atoms with E-state index in [4.69, 9.17) is 4.42 Å². The van der Waals surface area contributed by atoms with Crippen LogP contribution in [0.5, 0.6) is 0 Å². The number of furan rings is 1. The van der Waals surface area contributed by atoms with Crippen LogP contribution in [0.25, 0.3) is 0 Å². The van der Waals surface area contributed by atoms with Gasteiger partial charge in [0.05, 0.1) is 5.69 Å². The molecule has 3 aromatic rings. The maximum absolute atomic E-state index is 12.8. The molecule has 30 heavy (non-hydrogen) atoms. The molecule has 8 heteroatoms. The quantitative estimate of drug-likeness (QED) is 0.594. The minimum Gasteiger partial charge on any atom is -0.455 e. The number of anilines is 1. The minimum atomic E-state index is -3.65. The van der Waals surface area contributed by atoms with E-state index in [2.05, 4.69) is 5.32 Å². The lowest BCUT2D eigenvalue weighted by Crippen LogP contribution is -2.28. The summed E-state index contributed by atoms with van der Waals surface area (Å²) < 4.78 is 32.6. The number of nitrogens with zero attached hydrogens (tertiary/aromatic N) is 1. The second-order valence-electron chi connectivity index (χ2n) is 7.01. The van der Waals surface area contributed by atoms with Crippen LogP contribution in [0.1, 0.15) is 29.2 Å². The molecular weight excluding hydrogens is 420 g/mol. The van der Waals surface area contributed by atoms with Crippen molar-refractivity contribution in [3.05, 3.63) is 72.2 Å². The topological polar surface area (TPSA) is 79.6 Å². The summed E-state index contributed by atoms with van der Waals surface area (Å²) >= 11 is 1.53. The fourth-order valence-corrected chi connectivity index (χ4v) is 5.96. The molecule has 1 aliphatic heterocycles. The molecule has 0 atom stereocenters. The molecule has 2 aromatic carbocycles. The molecule has 1 fully saturated rings. The van der Waals surface area contributed by atoms with E-state index in [9.17, 15) is 13.2 Å². The Morgan fingerprint density at radius 3 is 2.43 bits per heavy atom. The Balaban J connectivity index is 1.56. The normalized spacial score (nSPS) is 14.7.